The lowest BCUT2D eigenvalue weighted by Crippen LogP contribution is -2.42. The molecule has 1 aromatic rings. The Hall–Kier alpha value is -1.62. The highest BCUT2D eigenvalue weighted by Crippen LogP contribution is 2.03. The van der Waals surface area contributed by atoms with Crippen LogP contribution in [0.25, 0.3) is 0 Å². The summed E-state index contributed by atoms with van der Waals surface area (Å²) < 4.78 is 13.2. The van der Waals surface area contributed by atoms with E-state index in [0.717, 1.165) is 44.0 Å². The van der Waals surface area contributed by atoms with Gasteiger partial charge in [0, 0.05) is 19.6 Å². The van der Waals surface area contributed by atoms with E-state index in [1.807, 2.05) is 6.07 Å². The van der Waals surface area contributed by atoms with Gasteiger partial charge in [-0.1, -0.05) is 26.0 Å². The molecule has 0 bridgehead atoms. The van der Waals surface area contributed by atoms with E-state index in [1.54, 1.807) is 13.1 Å². The lowest BCUT2D eigenvalue weighted by atomic mass is 10.2. The lowest BCUT2D eigenvalue weighted by molar-refractivity contribution is 0.292. The van der Waals surface area contributed by atoms with Crippen molar-refractivity contribution in [2.45, 2.75) is 46.2 Å². The van der Waals surface area contributed by atoms with E-state index < -0.39 is 0 Å². The maximum Gasteiger partial charge on any atom is 0.191 e. The van der Waals surface area contributed by atoms with E-state index in [0.29, 0.717) is 12.6 Å². The molecule has 1 unspecified atom stereocenters. The third-order valence-electron chi connectivity index (χ3n) is 3.96. The standard InChI is InChI=1S/C18H31FN4/c1-5-23(6-2)12-8-9-15(3)22-18(20-4)21-14-16-10-7-11-17(19)13-16/h7,10-11,13,15H,5-6,8-9,12,14H2,1-4H3,(H2,20,21,22). The molecular weight excluding hydrogens is 291 g/mol. The van der Waals surface area contributed by atoms with Crippen LogP contribution in [0.5, 0.6) is 0 Å². The molecule has 0 aliphatic heterocycles. The van der Waals surface area contributed by atoms with Crippen LogP contribution in [0, 0.1) is 5.82 Å². The summed E-state index contributed by atoms with van der Waals surface area (Å²) in [5.41, 5.74) is 0.905. The molecule has 0 heterocycles. The number of hydrogen-bond donors (Lipinski definition) is 2. The number of nitrogens with one attached hydrogen (secondary N) is 2. The Morgan fingerprint density at radius 1 is 1.30 bits per heavy atom. The Morgan fingerprint density at radius 2 is 2.04 bits per heavy atom. The molecule has 0 saturated heterocycles. The number of hydrogen-bond acceptors (Lipinski definition) is 2. The first-order chi connectivity index (χ1) is 11.1. The molecule has 0 aliphatic carbocycles. The van der Waals surface area contributed by atoms with Crippen molar-refractivity contribution in [3.8, 4) is 0 Å². The van der Waals surface area contributed by atoms with Gasteiger partial charge in [0.05, 0.1) is 0 Å². The van der Waals surface area contributed by atoms with Gasteiger partial charge >= 0.3 is 0 Å². The third-order valence-corrected chi connectivity index (χ3v) is 3.96. The smallest absolute Gasteiger partial charge is 0.191 e. The van der Waals surface area contributed by atoms with Crippen LogP contribution in [-0.2, 0) is 6.54 Å². The zero-order valence-corrected chi connectivity index (χ0v) is 14.9. The van der Waals surface area contributed by atoms with E-state index >= 15 is 0 Å². The first-order valence-corrected chi connectivity index (χ1v) is 8.53. The summed E-state index contributed by atoms with van der Waals surface area (Å²) in [6.07, 6.45) is 2.26. The Balaban J connectivity index is 2.32. The van der Waals surface area contributed by atoms with Gasteiger partial charge in [0.25, 0.3) is 0 Å². The highest BCUT2D eigenvalue weighted by Gasteiger charge is 2.06. The number of halogens is 1. The molecular formula is C18H31FN4. The van der Waals surface area contributed by atoms with Gasteiger partial charge in [-0.3, -0.25) is 4.99 Å². The molecule has 0 aromatic heterocycles. The summed E-state index contributed by atoms with van der Waals surface area (Å²) in [7, 11) is 1.75. The summed E-state index contributed by atoms with van der Waals surface area (Å²) in [5.74, 6) is 0.543. The molecule has 130 valence electrons. The van der Waals surface area contributed by atoms with Crippen LogP contribution in [0.4, 0.5) is 4.39 Å². The predicted octanol–water partition coefficient (Wildman–Crippen LogP) is 3.00. The van der Waals surface area contributed by atoms with Crippen molar-refractivity contribution in [2.75, 3.05) is 26.7 Å². The fourth-order valence-corrected chi connectivity index (χ4v) is 2.49. The summed E-state index contributed by atoms with van der Waals surface area (Å²) in [4.78, 5) is 6.67. The summed E-state index contributed by atoms with van der Waals surface area (Å²) >= 11 is 0. The van der Waals surface area contributed by atoms with Crippen LogP contribution < -0.4 is 10.6 Å². The second-order valence-electron chi connectivity index (χ2n) is 5.77. The number of aliphatic imine (C=N–C) groups is 1. The van der Waals surface area contributed by atoms with Crippen molar-refractivity contribution in [1.82, 2.24) is 15.5 Å². The third kappa shape index (κ3) is 7.98. The van der Waals surface area contributed by atoms with Crippen molar-refractivity contribution >= 4 is 5.96 Å². The highest BCUT2D eigenvalue weighted by molar-refractivity contribution is 5.79. The van der Waals surface area contributed by atoms with Crippen molar-refractivity contribution in [3.63, 3.8) is 0 Å². The van der Waals surface area contributed by atoms with Crippen molar-refractivity contribution in [1.29, 1.82) is 0 Å². The second-order valence-corrected chi connectivity index (χ2v) is 5.77. The Labute approximate surface area is 140 Å². The van der Waals surface area contributed by atoms with Crippen LogP contribution in [0.1, 0.15) is 39.2 Å². The molecule has 1 atom stereocenters. The fraction of sp³-hybridized carbons (Fsp3) is 0.611. The van der Waals surface area contributed by atoms with Gasteiger partial charge in [-0.15, -0.1) is 0 Å². The Morgan fingerprint density at radius 3 is 2.65 bits per heavy atom. The maximum absolute atomic E-state index is 13.2. The van der Waals surface area contributed by atoms with Crippen LogP contribution in [0.2, 0.25) is 0 Å². The van der Waals surface area contributed by atoms with Crippen molar-refractivity contribution in [3.05, 3.63) is 35.6 Å². The molecule has 23 heavy (non-hydrogen) atoms. The molecule has 2 N–H and O–H groups in total. The van der Waals surface area contributed by atoms with Gasteiger partial charge in [0.1, 0.15) is 5.82 Å². The van der Waals surface area contributed by atoms with Gasteiger partial charge in [-0.2, -0.15) is 0 Å². The van der Waals surface area contributed by atoms with Crippen LogP contribution >= 0.6 is 0 Å². The normalized spacial score (nSPS) is 13.2. The topological polar surface area (TPSA) is 39.7 Å². The molecule has 0 radical (unpaired) electrons. The van der Waals surface area contributed by atoms with E-state index in [4.69, 9.17) is 0 Å². The highest BCUT2D eigenvalue weighted by atomic mass is 19.1. The zero-order chi connectivity index (χ0) is 17.1. The average Bonchev–Trinajstić information content (AvgIpc) is 2.55. The second kappa shape index (κ2) is 11.0. The molecule has 1 aromatic carbocycles. The van der Waals surface area contributed by atoms with Gasteiger partial charge in [0.2, 0.25) is 0 Å². The summed E-state index contributed by atoms with van der Waals surface area (Å²) in [6, 6.07) is 6.96. The first kappa shape index (κ1) is 19.4. The van der Waals surface area contributed by atoms with Gasteiger partial charge in [-0.25, -0.2) is 4.39 Å². The minimum absolute atomic E-state index is 0.211. The molecule has 0 fully saturated rings. The molecule has 4 nitrogen and oxygen atoms in total. The first-order valence-electron chi connectivity index (χ1n) is 8.53. The Kier molecular flexibility index (Phi) is 9.29. The van der Waals surface area contributed by atoms with Crippen molar-refractivity contribution < 1.29 is 4.39 Å². The van der Waals surface area contributed by atoms with Gasteiger partial charge in [-0.05, 0) is 57.1 Å². The molecule has 0 amide bonds. The van der Waals surface area contributed by atoms with Gasteiger partial charge in [0.15, 0.2) is 5.96 Å². The van der Waals surface area contributed by atoms with E-state index in [2.05, 4.69) is 41.3 Å². The molecule has 1 rings (SSSR count). The van der Waals surface area contributed by atoms with Crippen LogP contribution in [0.3, 0.4) is 0 Å². The quantitative estimate of drug-likeness (QED) is 0.542. The fourth-order valence-electron chi connectivity index (χ4n) is 2.49. The zero-order valence-electron chi connectivity index (χ0n) is 14.9. The molecule has 0 aliphatic rings. The lowest BCUT2D eigenvalue weighted by Gasteiger charge is -2.21. The maximum atomic E-state index is 13.2. The Bertz CT molecular complexity index is 472. The van der Waals surface area contributed by atoms with Gasteiger partial charge < -0.3 is 15.5 Å². The number of benzene rings is 1. The van der Waals surface area contributed by atoms with Crippen LogP contribution in [0.15, 0.2) is 29.3 Å². The number of nitrogens with zero attached hydrogens (tertiary/aromatic N) is 2. The summed E-state index contributed by atoms with van der Waals surface area (Å²) in [6.45, 7) is 10.5. The van der Waals surface area contributed by atoms with E-state index in [9.17, 15) is 4.39 Å². The van der Waals surface area contributed by atoms with Crippen LogP contribution in [-0.4, -0.2) is 43.6 Å². The molecule has 0 saturated carbocycles. The van der Waals surface area contributed by atoms with E-state index in [-0.39, 0.29) is 5.82 Å². The largest absolute Gasteiger partial charge is 0.354 e. The summed E-state index contributed by atoms with van der Waals surface area (Å²) in [5, 5.41) is 6.62. The monoisotopic (exact) mass is 322 g/mol. The number of rotatable bonds is 9. The van der Waals surface area contributed by atoms with E-state index in [1.165, 1.54) is 12.1 Å². The predicted molar refractivity (Wildman–Crippen MR) is 96.2 cm³/mol. The van der Waals surface area contributed by atoms with Crippen molar-refractivity contribution in [2.24, 2.45) is 4.99 Å². The average molecular weight is 322 g/mol. The molecule has 5 heteroatoms. The SMILES string of the molecule is CCN(CC)CCCC(C)NC(=NC)NCc1cccc(F)c1. The minimum Gasteiger partial charge on any atom is -0.354 e. The molecule has 0 spiro atoms. The number of guanidine groups is 1. The minimum atomic E-state index is -0.211.